The molecule has 0 amide bonds. The van der Waals surface area contributed by atoms with E-state index in [9.17, 15) is 4.79 Å². The van der Waals surface area contributed by atoms with Gasteiger partial charge in [0.1, 0.15) is 0 Å². The zero-order valence-corrected chi connectivity index (χ0v) is 7.99. The third kappa shape index (κ3) is 1.85. The largest absolute Gasteiger partial charge is 0.466 e. The van der Waals surface area contributed by atoms with Gasteiger partial charge in [0, 0.05) is 12.5 Å². The summed E-state index contributed by atoms with van der Waals surface area (Å²) in [6, 6.07) is 0. The van der Waals surface area contributed by atoms with E-state index in [-0.39, 0.29) is 5.97 Å². The molecule has 3 unspecified atom stereocenters. The first-order valence-electron chi connectivity index (χ1n) is 5.10. The van der Waals surface area contributed by atoms with Gasteiger partial charge in [0.05, 0.1) is 19.1 Å². The molecule has 1 heterocycles. The predicted octanol–water partition coefficient (Wildman–Crippen LogP) is 1.36. The van der Waals surface area contributed by atoms with Gasteiger partial charge in [0.25, 0.3) is 0 Å². The lowest BCUT2D eigenvalue weighted by Gasteiger charge is -2.07. The molecule has 1 saturated heterocycles. The van der Waals surface area contributed by atoms with Crippen LogP contribution < -0.4 is 0 Å². The Labute approximate surface area is 78.4 Å². The Balaban J connectivity index is 1.75. The third-order valence-electron chi connectivity index (χ3n) is 2.95. The maximum Gasteiger partial charge on any atom is 0.306 e. The monoisotopic (exact) mass is 184 g/mol. The second kappa shape index (κ2) is 3.66. The fraction of sp³-hybridized carbons (Fsp3) is 0.900. The molecule has 0 aromatic heterocycles. The number of ether oxygens (including phenoxy) is 2. The molecule has 3 atom stereocenters. The third-order valence-corrected chi connectivity index (χ3v) is 2.95. The van der Waals surface area contributed by atoms with Crippen LogP contribution in [-0.4, -0.2) is 25.3 Å². The second-order valence-corrected chi connectivity index (χ2v) is 3.81. The van der Waals surface area contributed by atoms with Crippen molar-refractivity contribution in [2.45, 2.75) is 32.3 Å². The van der Waals surface area contributed by atoms with Crippen LogP contribution in [0, 0.1) is 11.8 Å². The molecule has 2 aliphatic rings. The Kier molecular flexibility index (Phi) is 2.54. The number of carbonyl (C=O) groups excluding carboxylic acids is 1. The van der Waals surface area contributed by atoms with E-state index in [0.29, 0.717) is 31.0 Å². The van der Waals surface area contributed by atoms with Crippen LogP contribution in [0.1, 0.15) is 26.2 Å². The van der Waals surface area contributed by atoms with Crippen molar-refractivity contribution in [1.29, 1.82) is 0 Å². The highest BCUT2D eigenvalue weighted by molar-refractivity contribution is 5.70. The summed E-state index contributed by atoms with van der Waals surface area (Å²) in [7, 11) is 0. The molecule has 2 rings (SSSR count). The molecule has 0 N–H and O–H groups in total. The molecule has 1 aliphatic heterocycles. The standard InChI is InChI=1S/C10H16O3/c1-2-12-9(11)6-8-7-4-3-5-13-10(7)8/h7-8,10H,2-6H2,1H3. The van der Waals surface area contributed by atoms with Crippen molar-refractivity contribution in [2.24, 2.45) is 11.8 Å². The van der Waals surface area contributed by atoms with Crippen LogP contribution in [0.4, 0.5) is 0 Å². The van der Waals surface area contributed by atoms with E-state index in [2.05, 4.69) is 0 Å². The molecule has 13 heavy (non-hydrogen) atoms. The van der Waals surface area contributed by atoms with Crippen LogP contribution in [0.25, 0.3) is 0 Å². The van der Waals surface area contributed by atoms with E-state index in [0.717, 1.165) is 13.0 Å². The second-order valence-electron chi connectivity index (χ2n) is 3.81. The Morgan fingerprint density at radius 1 is 1.62 bits per heavy atom. The Hall–Kier alpha value is -0.570. The summed E-state index contributed by atoms with van der Waals surface area (Å²) in [4.78, 5) is 11.2. The van der Waals surface area contributed by atoms with Crippen LogP contribution in [-0.2, 0) is 14.3 Å². The summed E-state index contributed by atoms with van der Waals surface area (Å²) in [6.45, 7) is 3.20. The van der Waals surface area contributed by atoms with Gasteiger partial charge in [-0.05, 0) is 25.7 Å². The fourth-order valence-electron chi connectivity index (χ4n) is 2.25. The Bertz CT molecular complexity index is 190. The van der Waals surface area contributed by atoms with Gasteiger partial charge in [-0.3, -0.25) is 4.79 Å². The lowest BCUT2D eigenvalue weighted by atomic mass is 10.1. The Morgan fingerprint density at radius 3 is 3.08 bits per heavy atom. The molecule has 0 aromatic carbocycles. The molecule has 3 heteroatoms. The average molecular weight is 184 g/mol. The van der Waals surface area contributed by atoms with Gasteiger partial charge in [-0.25, -0.2) is 0 Å². The van der Waals surface area contributed by atoms with Crippen LogP contribution in [0.15, 0.2) is 0 Å². The summed E-state index contributed by atoms with van der Waals surface area (Å²) in [5.41, 5.74) is 0. The van der Waals surface area contributed by atoms with E-state index in [1.54, 1.807) is 0 Å². The number of esters is 1. The molecule has 1 aliphatic carbocycles. The fourth-order valence-corrected chi connectivity index (χ4v) is 2.25. The maximum atomic E-state index is 11.2. The molecule has 3 nitrogen and oxygen atoms in total. The van der Waals surface area contributed by atoms with E-state index in [1.165, 1.54) is 6.42 Å². The number of rotatable bonds is 3. The normalized spacial score (nSPS) is 36.5. The van der Waals surface area contributed by atoms with Gasteiger partial charge >= 0.3 is 5.97 Å². The predicted molar refractivity (Wildman–Crippen MR) is 47.2 cm³/mol. The van der Waals surface area contributed by atoms with Crippen molar-refractivity contribution in [2.75, 3.05) is 13.2 Å². The lowest BCUT2D eigenvalue weighted by molar-refractivity contribution is -0.143. The van der Waals surface area contributed by atoms with E-state index in [1.807, 2.05) is 6.92 Å². The summed E-state index contributed by atoms with van der Waals surface area (Å²) in [5.74, 6) is 1.05. The zero-order valence-electron chi connectivity index (χ0n) is 7.99. The van der Waals surface area contributed by atoms with Crippen molar-refractivity contribution in [3.63, 3.8) is 0 Å². The van der Waals surface area contributed by atoms with Gasteiger partial charge in [-0.1, -0.05) is 0 Å². The highest BCUT2D eigenvalue weighted by Crippen LogP contribution is 2.49. The van der Waals surface area contributed by atoms with Gasteiger partial charge in [0.15, 0.2) is 0 Å². The first-order valence-corrected chi connectivity index (χ1v) is 5.10. The summed E-state index contributed by atoms with van der Waals surface area (Å²) in [6.07, 6.45) is 3.32. The lowest BCUT2D eigenvalue weighted by Crippen LogP contribution is -2.07. The minimum Gasteiger partial charge on any atom is -0.466 e. The van der Waals surface area contributed by atoms with Crippen molar-refractivity contribution in [1.82, 2.24) is 0 Å². The van der Waals surface area contributed by atoms with Crippen molar-refractivity contribution >= 4 is 5.97 Å². The van der Waals surface area contributed by atoms with Crippen molar-refractivity contribution in [3.8, 4) is 0 Å². The van der Waals surface area contributed by atoms with Crippen molar-refractivity contribution < 1.29 is 14.3 Å². The smallest absolute Gasteiger partial charge is 0.306 e. The molecular formula is C10H16O3. The molecule has 1 saturated carbocycles. The van der Waals surface area contributed by atoms with E-state index < -0.39 is 0 Å². The molecule has 0 bridgehead atoms. The zero-order chi connectivity index (χ0) is 9.26. The van der Waals surface area contributed by atoms with Gasteiger partial charge in [-0.15, -0.1) is 0 Å². The highest BCUT2D eigenvalue weighted by atomic mass is 16.5. The van der Waals surface area contributed by atoms with Crippen LogP contribution >= 0.6 is 0 Å². The van der Waals surface area contributed by atoms with Crippen LogP contribution in [0.5, 0.6) is 0 Å². The topological polar surface area (TPSA) is 35.5 Å². The number of hydrogen-bond donors (Lipinski definition) is 0. The first kappa shape index (κ1) is 9.00. The van der Waals surface area contributed by atoms with Crippen LogP contribution in [0.2, 0.25) is 0 Å². The highest BCUT2D eigenvalue weighted by Gasteiger charge is 2.53. The average Bonchev–Trinajstić information content (AvgIpc) is 2.80. The van der Waals surface area contributed by atoms with Gasteiger partial charge in [0.2, 0.25) is 0 Å². The molecule has 74 valence electrons. The maximum absolute atomic E-state index is 11.2. The molecule has 0 aromatic rings. The van der Waals surface area contributed by atoms with Gasteiger partial charge < -0.3 is 9.47 Å². The summed E-state index contributed by atoms with van der Waals surface area (Å²) >= 11 is 0. The van der Waals surface area contributed by atoms with E-state index >= 15 is 0 Å². The summed E-state index contributed by atoms with van der Waals surface area (Å²) in [5, 5.41) is 0. The minimum absolute atomic E-state index is 0.0644. The van der Waals surface area contributed by atoms with Crippen LogP contribution in [0.3, 0.4) is 0 Å². The minimum atomic E-state index is -0.0644. The number of hydrogen-bond acceptors (Lipinski definition) is 3. The van der Waals surface area contributed by atoms with Crippen molar-refractivity contribution in [3.05, 3.63) is 0 Å². The molecular weight excluding hydrogens is 168 g/mol. The Morgan fingerprint density at radius 2 is 2.46 bits per heavy atom. The molecule has 0 radical (unpaired) electrons. The van der Waals surface area contributed by atoms with E-state index in [4.69, 9.17) is 9.47 Å². The quantitative estimate of drug-likeness (QED) is 0.621. The summed E-state index contributed by atoms with van der Waals surface area (Å²) < 4.78 is 10.4. The number of carbonyl (C=O) groups is 1. The molecule has 0 spiro atoms. The number of fused-ring (bicyclic) bond motifs is 1. The van der Waals surface area contributed by atoms with Gasteiger partial charge in [-0.2, -0.15) is 0 Å². The first-order chi connectivity index (χ1) is 6.33. The SMILES string of the molecule is CCOC(=O)CC1C2CCCOC21. The molecule has 2 fully saturated rings.